The lowest BCUT2D eigenvalue weighted by molar-refractivity contribution is 1.40. The second-order valence-electron chi connectivity index (χ2n) is 4.08. The average Bonchev–Trinajstić information content (AvgIpc) is 2.26. The zero-order chi connectivity index (χ0) is 14.4. The van der Waals surface area contributed by atoms with Crippen LogP contribution in [-0.4, -0.2) is 0 Å². The van der Waals surface area contributed by atoms with Gasteiger partial charge in [0, 0.05) is 13.4 Å². The quantitative estimate of drug-likeness (QED) is 0.477. The molecule has 0 amide bonds. The highest BCUT2D eigenvalue weighted by Crippen LogP contribution is 2.19. The van der Waals surface area contributed by atoms with Crippen molar-refractivity contribution in [1.82, 2.24) is 0 Å². The first-order chi connectivity index (χ1) is 8.90. The van der Waals surface area contributed by atoms with Gasteiger partial charge in [0.05, 0.1) is 11.6 Å². The molecule has 0 aliphatic carbocycles. The molecule has 0 atom stereocenters. The molecule has 0 fully saturated rings. The Balaban J connectivity index is 0.000000191. The molecule has 0 aliphatic heterocycles. The zero-order valence-corrected chi connectivity index (χ0v) is 15.3. The Bertz CT molecular complexity index is 545. The zero-order valence-electron chi connectivity index (χ0n) is 10.5. The molecule has 19 heavy (non-hydrogen) atoms. The van der Waals surface area contributed by atoms with Crippen LogP contribution in [0.4, 0.5) is 0 Å². The van der Waals surface area contributed by atoms with Gasteiger partial charge in [-0.1, -0.05) is 47.8 Å². The van der Waals surface area contributed by atoms with Gasteiger partial charge in [0.15, 0.2) is 0 Å². The van der Waals surface area contributed by atoms with Gasteiger partial charge in [-0.3, -0.25) is 0 Å². The minimum Gasteiger partial charge on any atom is -0.192 e. The molecule has 0 heterocycles. The van der Waals surface area contributed by atoms with Crippen LogP contribution in [0.2, 0.25) is 0 Å². The summed E-state index contributed by atoms with van der Waals surface area (Å²) in [6, 6.07) is 13.9. The molecule has 0 saturated heterocycles. The fourth-order valence-electron chi connectivity index (χ4n) is 1.49. The average molecular weight is 446 g/mol. The summed E-state index contributed by atoms with van der Waals surface area (Å²) in [6.07, 6.45) is 0. The van der Waals surface area contributed by atoms with Crippen molar-refractivity contribution >= 4 is 47.8 Å². The lowest BCUT2D eigenvalue weighted by Gasteiger charge is -1.94. The fourth-order valence-corrected chi connectivity index (χ4v) is 3.62. The standard InChI is InChI=1S/C8H6BrN.C7H6Br2/c1-6-2-7(5-10)4-8(9)3-6;1-5-2-6(8)4-7(9)3-5/h2-4H,1H3;2-4H,1H3. The maximum atomic E-state index is 8.52. The van der Waals surface area contributed by atoms with E-state index in [0.717, 1.165) is 19.0 Å². The Morgan fingerprint density at radius 1 is 0.737 bits per heavy atom. The van der Waals surface area contributed by atoms with Crippen LogP contribution in [0.1, 0.15) is 16.7 Å². The predicted octanol–water partition coefficient (Wildman–Crippen LogP) is 6.15. The van der Waals surface area contributed by atoms with E-state index in [4.69, 9.17) is 5.26 Å². The van der Waals surface area contributed by atoms with E-state index in [1.165, 1.54) is 5.56 Å². The molecule has 0 aliphatic rings. The van der Waals surface area contributed by atoms with E-state index >= 15 is 0 Å². The van der Waals surface area contributed by atoms with E-state index in [1.807, 2.05) is 25.1 Å². The van der Waals surface area contributed by atoms with Crippen molar-refractivity contribution in [3.8, 4) is 6.07 Å². The maximum absolute atomic E-state index is 8.52. The third-order valence-electron chi connectivity index (χ3n) is 2.18. The van der Waals surface area contributed by atoms with Gasteiger partial charge in [-0.05, 0) is 61.4 Å². The summed E-state index contributed by atoms with van der Waals surface area (Å²) >= 11 is 10.1. The van der Waals surface area contributed by atoms with Gasteiger partial charge in [0.1, 0.15) is 0 Å². The highest BCUT2D eigenvalue weighted by Gasteiger charge is 1.93. The summed E-state index contributed by atoms with van der Waals surface area (Å²) < 4.78 is 3.20. The summed E-state index contributed by atoms with van der Waals surface area (Å²) in [5.41, 5.74) is 3.06. The second kappa shape index (κ2) is 7.84. The number of nitriles is 1. The molecule has 4 heteroatoms. The monoisotopic (exact) mass is 443 g/mol. The van der Waals surface area contributed by atoms with Gasteiger partial charge in [-0.25, -0.2) is 0 Å². The topological polar surface area (TPSA) is 23.8 Å². The van der Waals surface area contributed by atoms with Crippen LogP contribution in [0.15, 0.2) is 49.8 Å². The number of halogens is 3. The van der Waals surface area contributed by atoms with Crippen LogP contribution in [-0.2, 0) is 0 Å². The van der Waals surface area contributed by atoms with Crippen LogP contribution in [0.3, 0.4) is 0 Å². The van der Waals surface area contributed by atoms with Crippen LogP contribution in [0.25, 0.3) is 0 Å². The predicted molar refractivity (Wildman–Crippen MR) is 90.2 cm³/mol. The van der Waals surface area contributed by atoms with E-state index in [-0.39, 0.29) is 0 Å². The van der Waals surface area contributed by atoms with Gasteiger partial charge in [0.2, 0.25) is 0 Å². The van der Waals surface area contributed by atoms with E-state index in [0.29, 0.717) is 5.56 Å². The van der Waals surface area contributed by atoms with E-state index < -0.39 is 0 Å². The Morgan fingerprint density at radius 3 is 1.53 bits per heavy atom. The lowest BCUT2D eigenvalue weighted by atomic mass is 10.2. The van der Waals surface area contributed by atoms with Crippen molar-refractivity contribution in [1.29, 1.82) is 5.26 Å². The van der Waals surface area contributed by atoms with Crippen molar-refractivity contribution in [3.05, 3.63) is 66.5 Å². The number of rotatable bonds is 0. The van der Waals surface area contributed by atoms with Gasteiger partial charge >= 0.3 is 0 Å². The van der Waals surface area contributed by atoms with E-state index in [1.54, 1.807) is 6.07 Å². The largest absolute Gasteiger partial charge is 0.192 e. The van der Waals surface area contributed by atoms with Gasteiger partial charge < -0.3 is 0 Å². The molecule has 0 unspecified atom stereocenters. The van der Waals surface area contributed by atoms with Crippen LogP contribution < -0.4 is 0 Å². The summed E-state index contributed by atoms with van der Waals surface area (Å²) in [6.45, 7) is 4.03. The molecule has 0 spiro atoms. The van der Waals surface area contributed by atoms with E-state index in [9.17, 15) is 0 Å². The first-order valence-electron chi connectivity index (χ1n) is 5.50. The first kappa shape index (κ1) is 16.4. The van der Waals surface area contributed by atoms with Gasteiger partial charge in [-0.2, -0.15) is 5.26 Å². The SMILES string of the molecule is Cc1cc(Br)cc(Br)c1.Cc1cc(Br)cc(C#N)c1. The van der Waals surface area contributed by atoms with E-state index in [2.05, 4.69) is 72.9 Å². The van der Waals surface area contributed by atoms with Crippen molar-refractivity contribution < 1.29 is 0 Å². The number of aryl methyl sites for hydroxylation is 2. The molecule has 2 aromatic carbocycles. The van der Waals surface area contributed by atoms with Gasteiger partial charge in [-0.15, -0.1) is 0 Å². The molecular weight excluding hydrogens is 434 g/mol. The highest BCUT2D eigenvalue weighted by molar-refractivity contribution is 9.11. The molecule has 0 bridgehead atoms. The summed E-state index contributed by atoms with van der Waals surface area (Å²) in [4.78, 5) is 0. The Labute approximate surface area is 139 Å². The molecule has 0 N–H and O–H groups in total. The first-order valence-corrected chi connectivity index (χ1v) is 7.88. The summed E-state index contributed by atoms with van der Waals surface area (Å²) in [5, 5.41) is 8.52. The Kier molecular flexibility index (Phi) is 6.78. The van der Waals surface area contributed by atoms with Crippen LogP contribution in [0, 0.1) is 25.2 Å². The normalized spacial score (nSPS) is 9.26. The summed E-state index contributed by atoms with van der Waals surface area (Å²) in [5.74, 6) is 0. The molecule has 98 valence electrons. The molecule has 1 nitrogen and oxygen atoms in total. The third kappa shape index (κ3) is 6.38. The number of benzene rings is 2. The number of hydrogen-bond acceptors (Lipinski definition) is 1. The van der Waals surface area contributed by atoms with Crippen molar-refractivity contribution in [2.75, 3.05) is 0 Å². The minimum absolute atomic E-state index is 0.701. The number of hydrogen-bond donors (Lipinski definition) is 0. The smallest absolute Gasteiger partial charge is 0.0992 e. The molecule has 0 radical (unpaired) electrons. The summed E-state index contributed by atoms with van der Waals surface area (Å²) in [7, 11) is 0. The Hall–Kier alpha value is -0.630. The fraction of sp³-hybridized carbons (Fsp3) is 0.133. The van der Waals surface area contributed by atoms with Crippen LogP contribution in [0.5, 0.6) is 0 Å². The maximum Gasteiger partial charge on any atom is 0.0992 e. The Morgan fingerprint density at radius 2 is 1.16 bits per heavy atom. The van der Waals surface area contributed by atoms with Crippen molar-refractivity contribution in [2.24, 2.45) is 0 Å². The number of nitrogens with zero attached hydrogens (tertiary/aromatic N) is 1. The second-order valence-corrected chi connectivity index (χ2v) is 6.82. The molecule has 2 aromatic rings. The van der Waals surface area contributed by atoms with Crippen LogP contribution >= 0.6 is 47.8 Å². The molecule has 2 rings (SSSR count). The van der Waals surface area contributed by atoms with Crippen molar-refractivity contribution in [3.63, 3.8) is 0 Å². The van der Waals surface area contributed by atoms with Gasteiger partial charge in [0.25, 0.3) is 0 Å². The third-order valence-corrected chi connectivity index (χ3v) is 3.55. The molecule has 0 saturated carbocycles. The lowest BCUT2D eigenvalue weighted by Crippen LogP contribution is -1.76. The molecular formula is C15H12Br3N. The minimum atomic E-state index is 0.701. The molecule has 0 aromatic heterocycles. The van der Waals surface area contributed by atoms with Crippen molar-refractivity contribution in [2.45, 2.75) is 13.8 Å². The highest BCUT2D eigenvalue weighted by atomic mass is 79.9.